The van der Waals surface area contributed by atoms with Crippen LogP contribution in [-0.2, 0) is 14.3 Å². The highest BCUT2D eigenvalue weighted by molar-refractivity contribution is 5.69. The van der Waals surface area contributed by atoms with Crippen molar-refractivity contribution in [2.45, 2.75) is 64.9 Å². The van der Waals surface area contributed by atoms with Crippen molar-refractivity contribution in [3.05, 3.63) is 0 Å². The smallest absolute Gasteiger partial charge is 0.310 e. The van der Waals surface area contributed by atoms with Crippen molar-refractivity contribution in [1.29, 1.82) is 0 Å². The summed E-state index contributed by atoms with van der Waals surface area (Å²) in [7, 11) is 1.49. The molecule has 1 N–H and O–H groups in total. The minimum Gasteiger partial charge on any atom is -0.438 e. The van der Waals surface area contributed by atoms with Crippen molar-refractivity contribution in [3.63, 3.8) is 0 Å². The van der Waals surface area contributed by atoms with Gasteiger partial charge in [-0.2, -0.15) is 0 Å². The second-order valence-corrected chi connectivity index (χ2v) is 8.40. The number of carbonyl (C=O) groups is 1. The van der Waals surface area contributed by atoms with Gasteiger partial charge >= 0.3 is 5.97 Å². The summed E-state index contributed by atoms with van der Waals surface area (Å²) in [5.41, 5.74) is 0. The Hall–Kier alpha value is -0.610. The lowest BCUT2D eigenvalue weighted by Crippen LogP contribution is -2.32. The Kier molecular flexibility index (Phi) is 5.86. The van der Waals surface area contributed by atoms with Crippen LogP contribution in [0.4, 0.5) is 0 Å². The molecule has 8 unspecified atom stereocenters. The van der Waals surface area contributed by atoms with Crippen LogP contribution < -0.4 is 0 Å². The van der Waals surface area contributed by atoms with Crippen LogP contribution in [0.3, 0.4) is 0 Å². The van der Waals surface area contributed by atoms with E-state index in [9.17, 15) is 9.90 Å². The van der Waals surface area contributed by atoms with E-state index in [-0.39, 0.29) is 19.2 Å². The summed E-state index contributed by atoms with van der Waals surface area (Å²) in [5, 5.41) is 10.3. The molecule has 2 bridgehead atoms. The van der Waals surface area contributed by atoms with Gasteiger partial charge in [-0.1, -0.05) is 26.7 Å². The summed E-state index contributed by atoms with van der Waals surface area (Å²) < 4.78 is 9.63. The summed E-state index contributed by atoms with van der Waals surface area (Å²) in [4.78, 5) is 11.6. The number of rotatable bonds is 8. The lowest BCUT2D eigenvalue weighted by atomic mass is 9.69. The topological polar surface area (TPSA) is 55.8 Å². The van der Waals surface area contributed by atoms with E-state index in [1.54, 1.807) is 0 Å². The van der Waals surface area contributed by atoms with E-state index in [0.29, 0.717) is 5.92 Å². The van der Waals surface area contributed by atoms with E-state index in [2.05, 4.69) is 13.8 Å². The van der Waals surface area contributed by atoms with Gasteiger partial charge < -0.3 is 14.6 Å². The predicted molar refractivity (Wildman–Crippen MR) is 92.1 cm³/mol. The number of esters is 1. The molecule has 3 aliphatic carbocycles. The Morgan fingerprint density at radius 2 is 1.79 bits per heavy atom. The molecule has 0 radical (unpaired) electrons. The number of hydrogen-bond acceptors (Lipinski definition) is 4. The van der Waals surface area contributed by atoms with Gasteiger partial charge in [0.1, 0.15) is 0 Å². The first-order chi connectivity index (χ1) is 11.6. The average molecular weight is 338 g/mol. The van der Waals surface area contributed by atoms with Gasteiger partial charge in [0, 0.05) is 7.11 Å². The first-order valence-electron chi connectivity index (χ1n) is 9.91. The second kappa shape index (κ2) is 7.74. The van der Waals surface area contributed by atoms with E-state index in [4.69, 9.17) is 9.47 Å². The van der Waals surface area contributed by atoms with Gasteiger partial charge in [0.2, 0.25) is 0 Å². The minimum absolute atomic E-state index is 0.0278. The molecule has 0 spiro atoms. The van der Waals surface area contributed by atoms with Crippen LogP contribution in [0.5, 0.6) is 0 Å². The Morgan fingerprint density at radius 3 is 2.46 bits per heavy atom. The number of ether oxygens (including phenoxy) is 2. The maximum absolute atomic E-state index is 11.6. The molecular weight excluding hydrogens is 304 g/mol. The molecular formula is C20H34O4. The number of aliphatic hydroxyl groups is 1. The Labute approximate surface area is 146 Å². The molecule has 0 aromatic rings. The molecule has 24 heavy (non-hydrogen) atoms. The van der Waals surface area contributed by atoms with E-state index in [1.165, 1.54) is 39.2 Å². The fraction of sp³-hybridized carbons (Fsp3) is 0.950. The van der Waals surface area contributed by atoms with E-state index in [1.807, 2.05) is 0 Å². The summed E-state index contributed by atoms with van der Waals surface area (Å²) in [6.45, 7) is 4.68. The zero-order valence-corrected chi connectivity index (χ0v) is 15.4. The van der Waals surface area contributed by atoms with Crippen molar-refractivity contribution in [2.75, 3.05) is 13.9 Å². The summed E-state index contributed by atoms with van der Waals surface area (Å²) >= 11 is 0. The van der Waals surface area contributed by atoms with Crippen LogP contribution >= 0.6 is 0 Å². The van der Waals surface area contributed by atoms with Crippen LogP contribution in [0.15, 0.2) is 0 Å². The highest BCUT2D eigenvalue weighted by Gasteiger charge is 2.59. The standard InChI is InChI=1S/C20H34O4/c1-4-12-6-13(5-2)20-17-9-15(19(12)20)7-14(17)8-16(21)10-18(22)24-11-23-3/h12-17,19-21H,4-11H2,1-3H3. The van der Waals surface area contributed by atoms with Crippen molar-refractivity contribution in [1.82, 2.24) is 0 Å². The molecule has 0 heterocycles. The number of methoxy groups -OCH3 is 1. The van der Waals surface area contributed by atoms with Gasteiger partial charge in [-0.3, -0.25) is 4.79 Å². The van der Waals surface area contributed by atoms with E-state index >= 15 is 0 Å². The molecule has 138 valence electrons. The molecule has 0 saturated heterocycles. The number of hydrogen-bond donors (Lipinski definition) is 1. The maximum Gasteiger partial charge on any atom is 0.310 e. The van der Waals surface area contributed by atoms with Gasteiger partial charge in [0.15, 0.2) is 6.79 Å². The molecule has 8 atom stereocenters. The Balaban J connectivity index is 1.56. The fourth-order valence-electron chi connectivity index (χ4n) is 6.61. The quantitative estimate of drug-likeness (QED) is 0.542. The van der Waals surface area contributed by atoms with Gasteiger partial charge in [-0.15, -0.1) is 0 Å². The summed E-state index contributed by atoms with van der Waals surface area (Å²) in [5.74, 6) is 5.56. The molecule has 0 aliphatic heterocycles. The fourth-order valence-corrected chi connectivity index (χ4v) is 6.61. The molecule has 3 rings (SSSR count). The van der Waals surface area contributed by atoms with Crippen molar-refractivity contribution in [2.24, 2.45) is 41.4 Å². The zero-order valence-electron chi connectivity index (χ0n) is 15.4. The number of carbonyl (C=O) groups excluding carboxylic acids is 1. The molecule has 3 saturated carbocycles. The van der Waals surface area contributed by atoms with Crippen LogP contribution in [0.25, 0.3) is 0 Å². The third-order valence-electron chi connectivity index (χ3n) is 7.33. The molecule has 3 fully saturated rings. The zero-order chi connectivity index (χ0) is 17.3. The first-order valence-corrected chi connectivity index (χ1v) is 9.91. The molecule has 0 aromatic carbocycles. The lowest BCUT2D eigenvalue weighted by molar-refractivity contribution is -0.156. The molecule has 3 aliphatic rings. The van der Waals surface area contributed by atoms with Crippen molar-refractivity contribution < 1.29 is 19.4 Å². The van der Waals surface area contributed by atoms with Crippen molar-refractivity contribution in [3.8, 4) is 0 Å². The minimum atomic E-state index is -0.569. The summed E-state index contributed by atoms with van der Waals surface area (Å²) in [6.07, 6.45) is 6.99. The third-order valence-corrected chi connectivity index (χ3v) is 7.33. The highest BCUT2D eigenvalue weighted by Crippen LogP contribution is 2.66. The van der Waals surface area contributed by atoms with Crippen LogP contribution in [-0.4, -0.2) is 31.1 Å². The molecule has 0 amide bonds. The van der Waals surface area contributed by atoms with E-state index < -0.39 is 6.10 Å². The Morgan fingerprint density at radius 1 is 1.08 bits per heavy atom. The van der Waals surface area contributed by atoms with E-state index in [0.717, 1.165) is 41.9 Å². The van der Waals surface area contributed by atoms with Gasteiger partial charge in [0.05, 0.1) is 12.5 Å². The lowest BCUT2D eigenvalue weighted by Gasteiger charge is -2.36. The largest absolute Gasteiger partial charge is 0.438 e. The SMILES string of the molecule is CCC1CC(CC)C2C3CC(CC3CC(O)CC(=O)OCOC)C12. The van der Waals surface area contributed by atoms with Crippen LogP contribution in [0.1, 0.15) is 58.8 Å². The third kappa shape index (κ3) is 3.37. The molecule has 4 nitrogen and oxygen atoms in total. The molecule has 0 aromatic heterocycles. The normalized spacial score (nSPS) is 41.4. The second-order valence-electron chi connectivity index (χ2n) is 8.40. The van der Waals surface area contributed by atoms with Crippen LogP contribution in [0, 0.1) is 41.4 Å². The van der Waals surface area contributed by atoms with Gasteiger partial charge in [-0.05, 0) is 67.1 Å². The number of fused-ring (bicyclic) bond motifs is 5. The van der Waals surface area contributed by atoms with Gasteiger partial charge in [-0.25, -0.2) is 0 Å². The van der Waals surface area contributed by atoms with Gasteiger partial charge in [0.25, 0.3) is 0 Å². The first kappa shape index (κ1) is 18.2. The van der Waals surface area contributed by atoms with Crippen LogP contribution in [0.2, 0.25) is 0 Å². The maximum atomic E-state index is 11.6. The monoisotopic (exact) mass is 338 g/mol. The average Bonchev–Trinajstić information content (AvgIpc) is 3.22. The predicted octanol–water partition coefficient (Wildman–Crippen LogP) is 3.62. The summed E-state index contributed by atoms with van der Waals surface area (Å²) in [6, 6.07) is 0. The number of aliphatic hydroxyl groups excluding tert-OH is 1. The molecule has 4 heteroatoms. The van der Waals surface area contributed by atoms with Crippen molar-refractivity contribution >= 4 is 5.97 Å². The highest BCUT2D eigenvalue weighted by atomic mass is 16.7. The Bertz CT molecular complexity index is 437.